The van der Waals surface area contributed by atoms with Crippen molar-refractivity contribution in [2.24, 2.45) is 0 Å². The number of hydrogen-bond donors (Lipinski definition) is 0. The van der Waals surface area contributed by atoms with Crippen LogP contribution < -0.4 is 9.80 Å². The van der Waals surface area contributed by atoms with Crippen molar-refractivity contribution in [2.75, 3.05) is 9.80 Å². The Morgan fingerprint density at radius 2 is 0.828 bits per heavy atom. The Bertz CT molecular complexity index is 2970. The van der Waals surface area contributed by atoms with E-state index in [2.05, 4.69) is 228 Å². The van der Waals surface area contributed by atoms with Crippen LogP contribution in [0.2, 0.25) is 0 Å². The van der Waals surface area contributed by atoms with Crippen LogP contribution in [0.5, 0.6) is 0 Å². The lowest BCUT2D eigenvalue weighted by atomic mass is 9.68. The van der Waals surface area contributed by atoms with E-state index >= 15 is 0 Å². The second kappa shape index (κ2) is 13.7. The highest BCUT2D eigenvalue weighted by atomic mass is 16.3. The van der Waals surface area contributed by atoms with Crippen molar-refractivity contribution in [2.45, 2.75) is 5.41 Å². The lowest BCUT2D eigenvalue weighted by Crippen LogP contribution is -2.28. The molecule has 0 fully saturated rings. The summed E-state index contributed by atoms with van der Waals surface area (Å²) in [4.78, 5) is 4.53. The minimum atomic E-state index is -0.556. The highest BCUT2D eigenvalue weighted by Crippen LogP contribution is 2.56. The first-order valence-electron chi connectivity index (χ1n) is 19.7. The Hall–Kier alpha value is -7.80. The summed E-state index contributed by atoms with van der Waals surface area (Å²) in [5.41, 5.74) is 14.0. The molecule has 3 heteroatoms. The summed E-state index contributed by atoms with van der Waals surface area (Å²) in [5, 5.41) is 2.09. The summed E-state index contributed by atoms with van der Waals surface area (Å²) in [6.45, 7) is 0. The third kappa shape index (κ3) is 5.16. The normalized spacial score (nSPS) is 12.5. The first-order valence-corrected chi connectivity index (χ1v) is 19.7. The van der Waals surface area contributed by atoms with Gasteiger partial charge in [-0.2, -0.15) is 0 Å². The Labute approximate surface area is 338 Å². The van der Waals surface area contributed by atoms with Gasteiger partial charge in [-0.05, 0) is 88.5 Å². The van der Waals surface area contributed by atoms with Crippen molar-refractivity contribution in [3.8, 4) is 11.1 Å². The molecule has 11 rings (SSSR count). The molecular weight excluding hydrogens is 705 g/mol. The van der Waals surface area contributed by atoms with E-state index in [4.69, 9.17) is 4.42 Å². The number of fused-ring (bicyclic) bond motifs is 6. The number of benzene rings is 8. The fourth-order valence-corrected chi connectivity index (χ4v) is 9.10. The molecule has 272 valence electrons. The largest absolute Gasteiger partial charge is 0.452 e. The van der Waals surface area contributed by atoms with E-state index in [0.717, 1.165) is 67.2 Å². The second-order valence-corrected chi connectivity index (χ2v) is 14.7. The first-order chi connectivity index (χ1) is 28.8. The number of nitrogens with zero attached hydrogens (tertiary/aromatic N) is 2. The van der Waals surface area contributed by atoms with Crippen LogP contribution >= 0.6 is 0 Å². The average molecular weight is 741 g/mol. The summed E-state index contributed by atoms with van der Waals surface area (Å²) >= 11 is 0. The summed E-state index contributed by atoms with van der Waals surface area (Å²) in [6, 6.07) is 84.6. The highest BCUT2D eigenvalue weighted by molar-refractivity contribution is 6.14. The molecule has 0 saturated heterocycles. The van der Waals surface area contributed by atoms with Gasteiger partial charge in [0.25, 0.3) is 0 Å². The maximum atomic E-state index is 7.15. The second-order valence-electron chi connectivity index (χ2n) is 14.7. The molecule has 0 aliphatic heterocycles. The Morgan fingerprint density at radius 3 is 1.36 bits per heavy atom. The van der Waals surface area contributed by atoms with Crippen molar-refractivity contribution in [3.05, 3.63) is 253 Å². The number of para-hydroxylation sites is 5. The van der Waals surface area contributed by atoms with E-state index in [1.165, 1.54) is 22.3 Å². The van der Waals surface area contributed by atoms with Gasteiger partial charge in [-0.25, -0.2) is 0 Å². The molecular formula is C55H36N2O. The zero-order valence-electron chi connectivity index (χ0n) is 31.6. The summed E-state index contributed by atoms with van der Waals surface area (Å²) < 4.78 is 7.15. The Morgan fingerprint density at radius 1 is 0.379 bits per heavy atom. The monoisotopic (exact) mass is 740 g/mol. The number of furan rings is 1. The minimum Gasteiger partial charge on any atom is -0.452 e. The summed E-state index contributed by atoms with van der Waals surface area (Å²) in [6.07, 6.45) is 0. The molecule has 0 saturated carbocycles. The molecule has 1 heterocycles. The number of rotatable bonds is 8. The van der Waals surface area contributed by atoms with Crippen LogP contribution in [0.4, 0.5) is 34.1 Å². The van der Waals surface area contributed by atoms with Gasteiger partial charge < -0.3 is 9.32 Å². The summed E-state index contributed by atoms with van der Waals surface area (Å²) in [7, 11) is 0. The van der Waals surface area contributed by atoms with Crippen molar-refractivity contribution >= 4 is 56.1 Å². The maximum Gasteiger partial charge on any atom is 0.159 e. The van der Waals surface area contributed by atoms with Crippen molar-refractivity contribution in [1.82, 2.24) is 0 Å². The SMILES string of the molecule is c1c(N(c2ccccc2)c2cccc3c2oc2c(N(c4ccccc4)c4ccccc4)cccc23)cc2c(c#1)C(c1ccccc1)(c1ccccc1)c1ccccc1-2. The van der Waals surface area contributed by atoms with Crippen LogP contribution in [0.15, 0.2) is 223 Å². The van der Waals surface area contributed by atoms with E-state index in [-0.39, 0.29) is 0 Å². The van der Waals surface area contributed by atoms with Crippen molar-refractivity contribution in [1.29, 1.82) is 0 Å². The molecule has 0 spiro atoms. The lowest BCUT2D eigenvalue weighted by Gasteiger charge is -2.32. The molecule has 1 aliphatic carbocycles. The molecule has 10 aromatic rings. The molecule has 9 aromatic carbocycles. The van der Waals surface area contributed by atoms with Gasteiger partial charge in [0.1, 0.15) is 0 Å². The van der Waals surface area contributed by atoms with Gasteiger partial charge in [0.15, 0.2) is 11.2 Å². The molecule has 0 radical (unpaired) electrons. The minimum absolute atomic E-state index is 0.556. The third-order valence-electron chi connectivity index (χ3n) is 11.5. The quantitative estimate of drug-likeness (QED) is 0.155. The first kappa shape index (κ1) is 33.5. The fraction of sp³-hybridized carbons (Fsp3) is 0.0182. The maximum absolute atomic E-state index is 7.15. The zero-order valence-corrected chi connectivity index (χ0v) is 31.6. The van der Waals surface area contributed by atoms with Gasteiger partial charge in [0.2, 0.25) is 0 Å². The third-order valence-corrected chi connectivity index (χ3v) is 11.5. The van der Waals surface area contributed by atoms with Crippen LogP contribution in [0.25, 0.3) is 33.1 Å². The Balaban J connectivity index is 1.14. The van der Waals surface area contributed by atoms with Crippen LogP contribution in [-0.4, -0.2) is 0 Å². The standard InChI is InChI=1S/C55H36N2O/c1-6-20-39(21-7-1)55(40-22-8-2-9-23-40)49-33-17-16-30-45(49)48-38-44(36-37-50(48)55)57(43-28-14-5-15-29-43)52-35-19-32-47-46-31-18-34-51(53(46)58-54(47)52)56(41-24-10-3-11-25-41)42-26-12-4-13-27-42/h1-35,38H. The molecule has 0 unspecified atom stereocenters. The topological polar surface area (TPSA) is 19.6 Å². The van der Waals surface area contributed by atoms with Gasteiger partial charge in [-0.3, -0.25) is 4.90 Å². The van der Waals surface area contributed by atoms with Crippen LogP contribution in [0.3, 0.4) is 0 Å². The van der Waals surface area contributed by atoms with E-state index in [1.54, 1.807) is 0 Å². The molecule has 0 amide bonds. The zero-order chi connectivity index (χ0) is 38.5. The number of hydrogen-bond acceptors (Lipinski definition) is 3. The Kier molecular flexibility index (Phi) is 7.94. The van der Waals surface area contributed by atoms with Gasteiger partial charge in [-0.15, -0.1) is 0 Å². The highest BCUT2D eigenvalue weighted by Gasteiger charge is 2.46. The van der Waals surface area contributed by atoms with E-state index in [0.29, 0.717) is 0 Å². The van der Waals surface area contributed by atoms with Gasteiger partial charge >= 0.3 is 0 Å². The fourth-order valence-electron chi connectivity index (χ4n) is 9.10. The predicted molar refractivity (Wildman–Crippen MR) is 238 cm³/mol. The van der Waals surface area contributed by atoms with E-state index in [9.17, 15) is 0 Å². The summed E-state index contributed by atoms with van der Waals surface area (Å²) in [5.74, 6) is 0. The molecule has 3 nitrogen and oxygen atoms in total. The average Bonchev–Trinajstić information content (AvgIpc) is 3.83. The van der Waals surface area contributed by atoms with Gasteiger partial charge in [0.05, 0.1) is 22.5 Å². The molecule has 1 aliphatic rings. The predicted octanol–water partition coefficient (Wildman–Crippen LogP) is 14.5. The van der Waals surface area contributed by atoms with E-state index in [1.807, 2.05) is 12.1 Å². The van der Waals surface area contributed by atoms with E-state index < -0.39 is 5.41 Å². The molecule has 58 heavy (non-hydrogen) atoms. The molecule has 0 N–H and O–H groups in total. The number of anilines is 6. The van der Waals surface area contributed by atoms with Crippen LogP contribution in [0.1, 0.15) is 22.3 Å². The van der Waals surface area contributed by atoms with Crippen LogP contribution in [0, 0.1) is 12.1 Å². The molecule has 0 bridgehead atoms. The van der Waals surface area contributed by atoms with Crippen molar-refractivity contribution < 1.29 is 4.42 Å². The molecule has 0 atom stereocenters. The van der Waals surface area contributed by atoms with Crippen molar-refractivity contribution in [3.63, 3.8) is 0 Å². The van der Waals surface area contributed by atoms with Gasteiger partial charge in [0, 0.05) is 33.4 Å². The van der Waals surface area contributed by atoms with Gasteiger partial charge in [-0.1, -0.05) is 170 Å². The smallest absolute Gasteiger partial charge is 0.159 e. The molecule has 1 aromatic heterocycles. The van der Waals surface area contributed by atoms with Crippen LogP contribution in [-0.2, 0) is 5.41 Å². The lowest BCUT2D eigenvalue weighted by molar-refractivity contribution is 0.669.